The molecule has 0 radical (unpaired) electrons. The van der Waals surface area contributed by atoms with E-state index < -0.39 is 12.0 Å². The summed E-state index contributed by atoms with van der Waals surface area (Å²) in [7, 11) is 0. The lowest BCUT2D eigenvalue weighted by Gasteiger charge is -2.03. The summed E-state index contributed by atoms with van der Waals surface area (Å²) in [6.07, 6.45) is 3.76. The summed E-state index contributed by atoms with van der Waals surface area (Å²) in [6.45, 7) is 0. The Balaban J connectivity index is 2.32. The van der Waals surface area contributed by atoms with Crippen LogP contribution in [0.1, 0.15) is 5.56 Å². The van der Waals surface area contributed by atoms with Gasteiger partial charge in [-0.2, -0.15) is 5.10 Å². The SMILES string of the molecule is NC(Cc1cnn2ccccc12)C(=O)O. The van der Waals surface area contributed by atoms with Crippen LogP contribution in [0.3, 0.4) is 0 Å². The van der Waals surface area contributed by atoms with E-state index in [1.54, 1.807) is 10.7 Å². The normalized spacial score (nSPS) is 12.9. The maximum absolute atomic E-state index is 10.6. The summed E-state index contributed by atoms with van der Waals surface area (Å²) in [5, 5.41) is 12.8. The first kappa shape index (κ1) is 9.67. The van der Waals surface area contributed by atoms with Crippen molar-refractivity contribution in [3.05, 3.63) is 36.2 Å². The van der Waals surface area contributed by atoms with Crippen LogP contribution in [-0.4, -0.2) is 26.7 Å². The number of pyridine rings is 1. The number of hydrogen-bond acceptors (Lipinski definition) is 3. The molecule has 0 spiro atoms. The molecular formula is C10H11N3O2. The molecule has 78 valence electrons. The van der Waals surface area contributed by atoms with E-state index in [0.717, 1.165) is 11.1 Å². The molecule has 2 heterocycles. The number of aliphatic carboxylic acids is 1. The average Bonchev–Trinajstić information content (AvgIpc) is 2.62. The second-order valence-electron chi connectivity index (χ2n) is 3.35. The fraction of sp³-hybridized carbons (Fsp3) is 0.200. The fourth-order valence-corrected chi connectivity index (χ4v) is 1.47. The summed E-state index contributed by atoms with van der Waals surface area (Å²) in [5.41, 5.74) is 7.21. The largest absolute Gasteiger partial charge is 0.480 e. The first-order chi connectivity index (χ1) is 7.18. The topological polar surface area (TPSA) is 80.6 Å². The van der Waals surface area contributed by atoms with Gasteiger partial charge in [0.2, 0.25) is 0 Å². The van der Waals surface area contributed by atoms with Crippen molar-refractivity contribution in [3.63, 3.8) is 0 Å². The van der Waals surface area contributed by atoms with Crippen molar-refractivity contribution in [2.45, 2.75) is 12.5 Å². The van der Waals surface area contributed by atoms with Crippen LogP contribution >= 0.6 is 0 Å². The van der Waals surface area contributed by atoms with E-state index in [9.17, 15) is 4.79 Å². The first-order valence-corrected chi connectivity index (χ1v) is 4.58. The molecule has 0 saturated heterocycles. The number of nitrogens with zero attached hydrogens (tertiary/aromatic N) is 2. The van der Waals surface area contributed by atoms with Crippen LogP contribution in [0.4, 0.5) is 0 Å². The second kappa shape index (κ2) is 3.70. The highest BCUT2D eigenvalue weighted by atomic mass is 16.4. The minimum absolute atomic E-state index is 0.294. The van der Waals surface area contributed by atoms with Crippen molar-refractivity contribution < 1.29 is 9.90 Å². The van der Waals surface area contributed by atoms with Crippen molar-refractivity contribution in [1.29, 1.82) is 0 Å². The molecule has 3 N–H and O–H groups in total. The predicted octanol–water partition coefficient (Wildman–Crippen LogP) is 0.289. The summed E-state index contributed by atoms with van der Waals surface area (Å²) in [5.74, 6) is -0.995. The summed E-state index contributed by atoms with van der Waals surface area (Å²) >= 11 is 0. The van der Waals surface area contributed by atoms with Gasteiger partial charge in [0, 0.05) is 18.2 Å². The van der Waals surface area contributed by atoms with E-state index in [4.69, 9.17) is 10.8 Å². The van der Waals surface area contributed by atoms with Gasteiger partial charge < -0.3 is 10.8 Å². The zero-order valence-electron chi connectivity index (χ0n) is 8.00. The molecule has 5 nitrogen and oxygen atoms in total. The molecule has 0 fully saturated rings. The number of aromatic nitrogens is 2. The molecule has 2 aromatic rings. The highest BCUT2D eigenvalue weighted by Gasteiger charge is 2.14. The minimum Gasteiger partial charge on any atom is -0.480 e. The fourth-order valence-electron chi connectivity index (χ4n) is 1.47. The monoisotopic (exact) mass is 205 g/mol. The van der Waals surface area contributed by atoms with E-state index in [2.05, 4.69) is 5.10 Å². The third-order valence-electron chi connectivity index (χ3n) is 2.26. The molecule has 1 unspecified atom stereocenters. The molecule has 1 atom stereocenters. The van der Waals surface area contributed by atoms with Crippen LogP contribution in [0.15, 0.2) is 30.6 Å². The predicted molar refractivity (Wildman–Crippen MR) is 54.5 cm³/mol. The van der Waals surface area contributed by atoms with Crippen LogP contribution in [0.5, 0.6) is 0 Å². The molecule has 2 aromatic heterocycles. The van der Waals surface area contributed by atoms with E-state index in [1.807, 2.05) is 24.4 Å². The molecule has 0 bridgehead atoms. The molecule has 2 rings (SSSR count). The lowest BCUT2D eigenvalue weighted by Crippen LogP contribution is -2.32. The Morgan fingerprint density at radius 1 is 1.60 bits per heavy atom. The molecule has 15 heavy (non-hydrogen) atoms. The summed E-state index contributed by atoms with van der Waals surface area (Å²) in [4.78, 5) is 10.6. The number of hydrogen-bond donors (Lipinski definition) is 2. The molecule has 5 heteroatoms. The standard InChI is InChI=1S/C10H11N3O2/c11-8(10(14)15)5-7-6-12-13-4-2-1-3-9(7)13/h1-4,6,8H,5,11H2,(H,14,15). The van der Waals surface area contributed by atoms with Gasteiger partial charge >= 0.3 is 5.97 Å². The third kappa shape index (κ3) is 1.82. The van der Waals surface area contributed by atoms with Gasteiger partial charge in [0.05, 0.1) is 11.7 Å². The molecule has 0 aliphatic carbocycles. The molecular weight excluding hydrogens is 194 g/mol. The maximum atomic E-state index is 10.6. The highest BCUT2D eigenvalue weighted by Crippen LogP contribution is 2.11. The van der Waals surface area contributed by atoms with Crippen molar-refractivity contribution in [1.82, 2.24) is 9.61 Å². The Morgan fingerprint density at radius 3 is 3.13 bits per heavy atom. The van der Waals surface area contributed by atoms with Crippen molar-refractivity contribution in [2.24, 2.45) is 5.73 Å². The van der Waals surface area contributed by atoms with Gasteiger partial charge in [-0.05, 0) is 12.1 Å². The van der Waals surface area contributed by atoms with Gasteiger partial charge in [-0.3, -0.25) is 4.79 Å². The molecule has 0 saturated carbocycles. The van der Waals surface area contributed by atoms with Gasteiger partial charge in [-0.1, -0.05) is 6.07 Å². The highest BCUT2D eigenvalue weighted by molar-refractivity contribution is 5.74. The zero-order chi connectivity index (χ0) is 10.8. The van der Waals surface area contributed by atoms with E-state index in [0.29, 0.717) is 6.42 Å². The van der Waals surface area contributed by atoms with Gasteiger partial charge in [-0.15, -0.1) is 0 Å². The van der Waals surface area contributed by atoms with Crippen molar-refractivity contribution >= 4 is 11.5 Å². The third-order valence-corrected chi connectivity index (χ3v) is 2.26. The van der Waals surface area contributed by atoms with Crippen LogP contribution < -0.4 is 5.73 Å². The minimum atomic E-state index is -0.995. The molecule has 0 aliphatic rings. The van der Waals surface area contributed by atoms with Gasteiger partial charge in [0.15, 0.2) is 0 Å². The maximum Gasteiger partial charge on any atom is 0.320 e. The van der Waals surface area contributed by atoms with E-state index in [1.165, 1.54) is 0 Å². The lowest BCUT2D eigenvalue weighted by atomic mass is 10.1. The summed E-state index contributed by atoms with van der Waals surface area (Å²) < 4.78 is 1.70. The Kier molecular flexibility index (Phi) is 2.39. The number of fused-ring (bicyclic) bond motifs is 1. The van der Waals surface area contributed by atoms with Crippen molar-refractivity contribution in [3.8, 4) is 0 Å². The number of carboxylic acid groups (broad SMARTS) is 1. The van der Waals surface area contributed by atoms with E-state index >= 15 is 0 Å². The van der Waals surface area contributed by atoms with Crippen LogP contribution in [0, 0.1) is 0 Å². The molecule has 0 aromatic carbocycles. The van der Waals surface area contributed by atoms with Gasteiger partial charge in [0.1, 0.15) is 6.04 Å². The quantitative estimate of drug-likeness (QED) is 0.754. The average molecular weight is 205 g/mol. The van der Waals surface area contributed by atoms with Gasteiger partial charge in [0.25, 0.3) is 0 Å². The molecule has 0 amide bonds. The van der Waals surface area contributed by atoms with Crippen LogP contribution in [0.2, 0.25) is 0 Å². The van der Waals surface area contributed by atoms with Crippen LogP contribution in [0.25, 0.3) is 5.52 Å². The van der Waals surface area contributed by atoms with E-state index in [-0.39, 0.29) is 0 Å². The second-order valence-corrected chi connectivity index (χ2v) is 3.35. The Hall–Kier alpha value is -1.88. The van der Waals surface area contributed by atoms with Crippen LogP contribution in [-0.2, 0) is 11.2 Å². The number of carboxylic acids is 1. The smallest absolute Gasteiger partial charge is 0.320 e. The van der Waals surface area contributed by atoms with Gasteiger partial charge in [-0.25, -0.2) is 4.52 Å². The first-order valence-electron chi connectivity index (χ1n) is 4.58. The lowest BCUT2D eigenvalue weighted by molar-refractivity contribution is -0.138. The Morgan fingerprint density at radius 2 is 2.40 bits per heavy atom. The summed E-state index contributed by atoms with van der Waals surface area (Å²) in [6, 6.07) is 4.75. The number of rotatable bonds is 3. The number of nitrogens with two attached hydrogens (primary N) is 1. The Bertz CT molecular complexity index is 492. The Labute approximate surface area is 86.1 Å². The zero-order valence-corrected chi connectivity index (χ0v) is 8.00. The number of carbonyl (C=O) groups is 1. The van der Waals surface area contributed by atoms with Crippen molar-refractivity contribution in [2.75, 3.05) is 0 Å². The molecule has 0 aliphatic heterocycles.